The van der Waals surface area contributed by atoms with Gasteiger partial charge in [0.05, 0.1) is 13.2 Å². The first-order chi connectivity index (χ1) is 10.8. The maximum atomic E-state index is 12.6. The summed E-state index contributed by atoms with van der Waals surface area (Å²) in [6, 6.07) is 0.0315. The number of ether oxygens (including phenoxy) is 1. The fourth-order valence-corrected chi connectivity index (χ4v) is 3.75. The van der Waals surface area contributed by atoms with Gasteiger partial charge in [0.15, 0.2) is 0 Å². The van der Waals surface area contributed by atoms with Crippen molar-refractivity contribution >= 4 is 11.9 Å². The minimum absolute atomic E-state index is 0.00425. The predicted molar refractivity (Wildman–Crippen MR) is 82.5 cm³/mol. The second-order valence-electron chi connectivity index (χ2n) is 6.58. The lowest BCUT2D eigenvalue weighted by Gasteiger charge is -2.34. The fraction of sp³-hybridized carbons (Fsp3) is 0.875. The Morgan fingerprint density at radius 3 is 2.36 bits per heavy atom. The molecule has 6 nitrogen and oxygen atoms in total. The Labute approximate surface area is 132 Å². The molecule has 0 aromatic rings. The van der Waals surface area contributed by atoms with E-state index in [0.29, 0.717) is 38.9 Å². The van der Waals surface area contributed by atoms with Crippen LogP contribution >= 0.6 is 0 Å². The molecule has 3 aliphatic rings. The summed E-state index contributed by atoms with van der Waals surface area (Å²) in [7, 11) is 0. The number of hydrogen-bond acceptors (Lipinski definition) is 3. The standard InChI is InChI=1S/C16H27N3O3/c20-15(17-13-5-2-1-3-6-13)14-7-4-8-19(14)16(21)18-9-11-22-12-10-18/h13-14H,1-12H2,(H,17,20)/t14-/m0/s1. The number of carbonyl (C=O) groups excluding carboxylic acids is 2. The van der Waals surface area contributed by atoms with Gasteiger partial charge in [-0.25, -0.2) is 4.79 Å². The quantitative estimate of drug-likeness (QED) is 0.837. The van der Waals surface area contributed by atoms with E-state index in [9.17, 15) is 9.59 Å². The first kappa shape index (κ1) is 15.6. The van der Waals surface area contributed by atoms with Gasteiger partial charge in [0.25, 0.3) is 0 Å². The number of hydrogen-bond donors (Lipinski definition) is 1. The molecular weight excluding hydrogens is 282 g/mol. The van der Waals surface area contributed by atoms with Gasteiger partial charge in [-0.1, -0.05) is 19.3 Å². The summed E-state index contributed by atoms with van der Waals surface area (Å²) in [6.07, 6.45) is 7.54. The molecule has 3 rings (SSSR count). The highest BCUT2D eigenvalue weighted by molar-refractivity contribution is 5.87. The highest BCUT2D eigenvalue weighted by Gasteiger charge is 2.37. The van der Waals surface area contributed by atoms with Crippen molar-refractivity contribution < 1.29 is 14.3 Å². The van der Waals surface area contributed by atoms with Crippen LogP contribution in [0.4, 0.5) is 4.79 Å². The Hall–Kier alpha value is -1.30. The van der Waals surface area contributed by atoms with Gasteiger partial charge in [0.1, 0.15) is 6.04 Å². The largest absolute Gasteiger partial charge is 0.378 e. The van der Waals surface area contributed by atoms with Crippen molar-refractivity contribution in [3.63, 3.8) is 0 Å². The van der Waals surface area contributed by atoms with Crippen LogP contribution in [0, 0.1) is 0 Å². The Morgan fingerprint density at radius 2 is 1.64 bits per heavy atom. The minimum atomic E-state index is -0.280. The second-order valence-corrected chi connectivity index (χ2v) is 6.58. The van der Waals surface area contributed by atoms with Gasteiger partial charge in [-0.2, -0.15) is 0 Å². The predicted octanol–water partition coefficient (Wildman–Crippen LogP) is 1.35. The monoisotopic (exact) mass is 309 g/mol. The molecule has 2 heterocycles. The van der Waals surface area contributed by atoms with Crippen LogP contribution < -0.4 is 5.32 Å². The van der Waals surface area contributed by atoms with Gasteiger partial charge in [0, 0.05) is 25.7 Å². The van der Waals surface area contributed by atoms with Crippen molar-refractivity contribution in [2.45, 2.75) is 57.0 Å². The molecule has 124 valence electrons. The number of amides is 3. The topological polar surface area (TPSA) is 61.9 Å². The second kappa shape index (κ2) is 7.31. The van der Waals surface area contributed by atoms with Gasteiger partial charge in [0.2, 0.25) is 5.91 Å². The molecule has 0 spiro atoms. The molecule has 3 amide bonds. The van der Waals surface area contributed by atoms with E-state index in [2.05, 4.69) is 5.32 Å². The van der Waals surface area contributed by atoms with Crippen molar-refractivity contribution in [3.8, 4) is 0 Å². The molecule has 2 saturated heterocycles. The SMILES string of the molecule is O=C(NC1CCCCC1)[C@@H]1CCCN1C(=O)N1CCOCC1. The van der Waals surface area contributed by atoms with Crippen molar-refractivity contribution in [2.24, 2.45) is 0 Å². The van der Waals surface area contributed by atoms with Crippen LogP contribution in [0.25, 0.3) is 0 Å². The summed E-state index contributed by atoms with van der Waals surface area (Å²) in [5.41, 5.74) is 0. The van der Waals surface area contributed by atoms with E-state index in [-0.39, 0.29) is 18.0 Å². The Bertz CT molecular complexity index is 403. The number of morpholine rings is 1. The maximum absolute atomic E-state index is 12.6. The fourth-order valence-electron chi connectivity index (χ4n) is 3.75. The van der Waals surface area contributed by atoms with Crippen molar-refractivity contribution in [1.82, 2.24) is 15.1 Å². The van der Waals surface area contributed by atoms with Crippen molar-refractivity contribution in [3.05, 3.63) is 0 Å². The van der Waals surface area contributed by atoms with E-state index in [1.165, 1.54) is 19.3 Å². The number of likely N-dealkylation sites (tertiary alicyclic amines) is 1. The van der Waals surface area contributed by atoms with Crippen molar-refractivity contribution in [1.29, 1.82) is 0 Å². The summed E-state index contributed by atoms with van der Waals surface area (Å²) < 4.78 is 5.30. The van der Waals surface area contributed by atoms with E-state index < -0.39 is 0 Å². The van der Waals surface area contributed by atoms with Crippen LogP contribution in [-0.4, -0.2) is 66.7 Å². The van der Waals surface area contributed by atoms with Gasteiger partial charge in [-0.3, -0.25) is 4.79 Å². The van der Waals surface area contributed by atoms with E-state index in [1.807, 2.05) is 4.90 Å². The van der Waals surface area contributed by atoms with Crippen LogP contribution in [0.3, 0.4) is 0 Å². The van der Waals surface area contributed by atoms with Gasteiger partial charge in [-0.05, 0) is 25.7 Å². The van der Waals surface area contributed by atoms with Gasteiger partial charge < -0.3 is 19.9 Å². The lowest BCUT2D eigenvalue weighted by Crippen LogP contribution is -2.54. The normalized spacial score (nSPS) is 27.0. The van der Waals surface area contributed by atoms with Crippen LogP contribution in [0.15, 0.2) is 0 Å². The van der Waals surface area contributed by atoms with E-state index in [4.69, 9.17) is 4.74 Å². The van der Waals surface area contributed by atoms with Gasteiger partial charge >= 0.3 is 6.03 Å². The van der Waals surface area contributed by atoms with E-state index in [0.717, 1.165) is 25.7 Å². The third-order valence-corrected chi connectivity index (χ3v) is 5.03. The first-order valence-corrected chi connectivity index (χ1v) is 8.69. The summed E-state index contributed by atoms with van der Waals surface area (Å²) in [5.74, 6) is 0.0472. The Kier molecular flexibility index (Phi) is 5.18. The molecule has 0 aromatic heterocycles. The maximum Gasteiger partial charge on any atom is 0.320 e. The zero-order chi connectivity index (χ0) is 15.4. The molecule has 1 atom stereocenters. The Morgan fingerprint density at radius 1 is 0.909 bits per heavy atom. The summed E-state index contributed by atoms with van der Waals surface area (Å²) in [5, 5.41) is 3.17. The molecular formula is C16H27N3O3. The minimum Gasteiger partial charge on any atom is -0.378 e. The summed E-state index contributed by atoms with van der Waals surface area (Å²) >= 11 is 0. The molecule has 0 radical (unpaired) electrons. The molecule has 0 bridgehead atoms. The number of nitrogens with zero attached hydrogens (tertiary/aromatic N) is 2. The lowest BCUT2D eigenvalue weighted by molar-refractivity contribution is -0.125. The van der Waals surface area contributed by atoms with Crippen LogP contribution in [0.5, 0.6) is 0 Å². The highest BCUT2D eigenvalue weighted by Crippen LogP contribution is 2.22. The van der Waals surface area contributed by atoms with Crippen molar-refractivity contribution in [2.75, 3.05) is 32.8 Å². The average molecular weight is 309 g/mol. The van der Waals surface area contributed by atoms with Gasteiger partial charge in [-0.15, -0.1) is 0 Å². The number of nitrogens with one attached hydrogen (secondary N) is 1. The molecule has 1 aliphatic carbocycles. The highest BCUT2D eigenvalue weighted by atomic mass is 16.5. The smallest absolute Gasteiger partial charge is 0.320 e. The average Bonchev–Trinajstić information content (AvgIpc) is 3.05. The molecule has 1 N–H and O–H groups in total. The zero-order valence-electron chi connectivity index (χ0n) is 13.3. The third-order valence-electron chi connectivity index (χ3n) is 5.03. The molecule has 0 unspecified atom stereocenters. The summed E-state index contributed by atoms with van der Waals surface area (Å²) in [6.45, 7) is 3.15. The van der Waals surface area contributed by atoms with E-state index >= 15 is 0 Å². The summed E-state index contributed by atoms with van der Waals surface area (Å²) in [4.78, 5) is 28.8. The van der Waals surface area contributed by atoms with Crippen LogP contribution in [0.1, 0.15) is 44.9 Å². The zero-order valence-corrected chi connectivity index (χ0v) is 13.3. The number of urea groups is 1. The lowest BCUT2D eigenvalue weighted by atomic mass is 9.95. The molecule has 2 aliphatic heterocycles. The Balaban J connectivity index is 1.56. The molecule has 1 saturated carbocycles. The van der Waals surface area contributed by atoms with Crippen LogP contribution in [-0.2, 0) is 9.53 Å². The molecule has 0 aromatic carbocycles. The number of carbonyl (C=O) groups is 2. The van der Waals surface area contributed by atoms with Crippen LogP contribution in [0.2, 0.25) is 0 Å². The first-order valence-electron chi connectivity index (χ1n) is 8.69. The molecule has 6 heteroatoms. The third kappa shape index (κ3) is 3.54. The number of rotatable bonds is 2. The van der Waals surface area contributed by atoms with E-state index in [1.54, 1.807) is 4.90 Å². The molecule has 3 fully saturated rings. The molecule has 22 heavy (non-hydrogen) atoms.